The summed E-state index contributed by atoms with van der Waals surface area (Å²) in [6.45, 7) is 7.48. The van der Waals surface area contributed by atoms with Crippen molar-refractivity contribution >= 4 is 23.1 Å². The van der Waals surface area contributed by atoms with Gasteiger partial charge in [0.2, 0.25) is 0 Å². The van der Waals surface area contributed by atoms with Gasteiger partial charge >= 0.3 is 0 Å². The fourth-order valence-corrected chi connectivity index (χ4v) is 2.01. The maximum atomic E-state index is 12.5. The first-order valence-electron chi connectivity index (χ1n) is 6.54. The lowest BCUT2D eigenvalue weighted by molar-refractivity contribution is 0.0741. The van der Waals surface area contributed by atoms with Crippen LogP contribution < -0.4 is 5.73 Å². The molecule has 1 aromatic carbocycles. The molecule has 0 aliphatic heterocycles. The summed E-state index contributed by atoms with van der Waals surface area (Å²) < 4.78 is 0. The second-order valence-corrected chi connectivity index (χ2v) is 5.76. The molecule has 4 heteroatoms. The van der Waals surface area contributed by atoms with Crippen molar-refractivity contribution in [3.05, 3.63) is 35.4 Å². The number of rotatable bonds is 6. The lowest BCUT2D eigenvalue weighted by Gasteiger charge is -2.24. The Morgan fingerprint density at radius 1 is 1.42 bits per heavy atom. The summed E-state index contributed by atoms with van der Waals surface area (Å²) in [6.07, 6.45) is 0.569. The highest BCUT2D eigenvalue weighted by atomic mass is 32.1. The topological polar surface area (TPSA) is 46.3 Å². The van der Waals surface area contributed by atoms with Crippen LogP contribution in [0.2, 0.25) is 0 Å². The fraction of sp³-hybridized carbons (Fsp3) is 0.467. The van der Waals surface area contributed by atoms with E-state index in [1.807, 2.05) is 36.1 Å². The highest BCUT2D eigenvalue weighted by Crippen LogP contribution is 2.10. The lowest BCUT2D eigenvalue weighted by atomic mass is 10.1. The summed E-state index contributed by atoms with van der Waals surface area (Å²) >= 11 is 4.89. The van der Waals surface area contributed by atoms with Crippen molar-refractivity contribution in [2.75, 3.05) is 13.1 Å². The molecule has 0 saturated carbocycles. The van der Waals surface area contributed by atoms with Gasteiger partial charge < -0.3 is 10.6 Å². The highest BCUT2D eigenvalue weighted by molar-refractivity contribution is 7.80. The number of carbonyl (C=O) groups excluding carboxylic acids is 1. The predicted molar refractivity (Wildman–Crippen MR) is 83.3 cm³/mol. The standard InChI is InChI=1S/C15H22N2OS/c1-11(2)10-17(8-7-14(16)19)15(18)13-6-4-5-12(3)9-13/h4-6,9,11H,7-8,10H2,1-3H3,(H2,16,19). The third-order valence-electron chi connectivity index (χ3n) is 2.77. The maximum absolute atomic E-state index is 12.5. The summed E-state index contributed by atoms with van der Waals surface area (Å²) in [7, 11) is 0. The Morgan fingerprint density at radius 2 is 2.11 bits per heavy atom. The molecule has 0 unspecified atom stereocenters. The van der Waals surface area contributed by atoms with Gasteiger partial charge in [0.1, 0.15) is 0 Å². The Labute approximate surface area is 120 Å². The normalized spacial score (nSPS) is 10.5. The van der Waals surface area contributed by atoms with Gasteiger partial charge in [-0.2, -0.15) is 0 Å². The van der Waals surface area contributed by atoms with Gasteiger partial charge in [-0.05, 0) is 25.0 Å². The fourth-order valence-electron chi connectivity index (χ4n) is 1.92. The first-order valence-corrected chi connectivity index (χ1v) is 6.95. The molecule has 0 heterocycles. The zero-order valence-corrected chi connectivity index (χ0v) is 12.7. The monoisotopic (exact) mass is 278 g/mol. The number of benzene rings is 1. The van der Waals surface area contributed by atoms with Crippen LogP contribution in [-0.4, -0.2) is 28.9 Å². The van der Waals surface area contributed by atoms with Crippen LogP contribution in [-0.2, 0) is 0 Å². The average molecular weight is 278 g/mol. The Morgan fingerprint density at radius 3 is 2.63 bits per heavy atom. The van der Waals surface area contributed by atoms with E-state index < -0.39 is 0 Å². The highest BCUT2D eigenvalue weighted by Gasteiger charge is 2.16. The van der Waals surface area contributed by atoms with Crippen molar-refractivity contribution < 1.29 is 4.79 Å². The molecule has 1 aromatic rings. The van der Waals surface area contributed by atoms with Crippen LogP contribution in [0.25, 0.3) is 0 Å². The SMILES string of the molecule is Cc1cccc(C(=O)N(CCC(N)=S)CC(C)C)c1. The van der Waals surface area contributed by atoms with E-state index in [-0.39, 0.29) is 5.91 Å². The van der Waals surface area contributed by atoms with Crippen LogP contribution in [0, 0.1) is 12.8 Å². The van der Waals surface area contributed by atoms with E-state index in [2.05, 4.69) is 13.8 Å². The molecule has 19 heavy (non-hydrogen) atoms. The predicted octanol–water partition coefficient (Wildman–Crippen LogP) is 2.77. The van der Waals surface area contributed by atoms with Crippen LogP contribution in [0.5, 0.6) is 0 Å². The molecule has 1 amide bonds. The molecular weight excluding hydrogens is 256 g/mol. The number of amides is 1. The van der Waals surface area contributed by atoms with Crippen LogP contribution >= 0.6 is 12.2 Å². The Hall–Kier alpha value is -1.42. The second-order valence-electron chi connectivity index (χ2n) is 5.23. The first-order chi connectivity index (χ1) is 8.90. The van der Waals surface area contributed by atoms with Crippen molar-refractivity contribution in [2.24, 2.45) is 11.7 Å². The van der Waals surface area contributed by atoms with Gasteiger partial charge in [-0.25, -0.2) is 0 Å². The average Bonchev–Trinajstić information content (AvgIpc) is 2.33. The van der Waals surface area contributed by atoms with Gasteiger partial charge in [0, 0.05) is 25.1 Å². The van der Waals surface area contributed by atoms with Gasteiger partial charge in [0.15, 0.2) is 0 Å². The molecule has 0 radical (unpaired) electrons. The van der Waals surface area contributed by atoms with Crippen molar-refractivity contribution in [3.8, 4) is 0 Å². The van der Waals surface area contributed by atoms with Gasteiger partial charge in [-0.3, -0.25) is 4.79 Å². The number of hydrogen-bond acceptors (Lipinski definition) is 2. The third kappa shape index (κ3) is 5.39. The number of aryl methyl sites for hydroxylation is 1. The molecule has 0 aliphatic carbocycles. The van der Waals surface area contributed by atoms with E-state index in [1.54, 1.807) is 0 Å². The smallest absolute Gasteiger partial charge is 0.253 e. The molecule has 104 valence electrons. The summed E-state index contributed by atoms with van der Waals surface area (Å²) in [5, 5.41) is 0. The molecule has 0 fully saturated rings. The van der Waals surface area contributed by atoms with Crippen LogP contribution in [0.4, 0.5) is 0 Å². The molecule has 0 saturated heterocycles. The van der Waals surface area contributed by atoms with Crippen LogP contribution in [0.3, 0.4) is 0 Å². The van der Waals surface area contributed by atoms with Gasteiger partial charge in [0.05, 0.1) is 4.99 Å². The van der Waals surface area contributed by atoms with E-state index in [0.717, 1.165) is 17.7 Å². The van der Waals surface area contributed by atoms with E-state index >= 15 is 0 Å². The number of nitrogens with two attached hydrogens (primary N) is 1. The number of hydrogen-bond donors (Lipinski definition) is 1. The number of carbonyl (C=O) groups is 1. The molecule has 2 N–H and O–H groups in total. The van der Waals surface area contributed by atoms with Crippen molar-refractivity contribution in [1.82, 2.24) is 4.90 Å². The van der Waals surface area contributed by atoms with Crippen LogP contribution in [0.1, 0.15) is 36.2 Å². The summed E-state index contributed by atoms with van der Waals surface area (Å²) in [4.78, 5) is 14.8. The minimum Gasteiger partial charge on any atom is -0.393 e. The third-order valence-corrected chi connectivity index (χ3v) is 2.97. The number of thiocarbonyl (C=S) groups is 1. The zero-order valence-electron chi connectivity index (χ0n) is 11.8. The quantitative estimate of drug-likeness (QED) is 0.814. The minimum absolute atomic E-state index is 0.0497. The molecule has 0 spiro atoms. The zero-order chi connectivity index (χ0) is 14.4. The van der Waals surface area contributed by atoms with Crippen molar-refractivity contribution in [2.45, 2.75) is 27.2 Å². The van der Waals surface area contributed by atoms with E-state index in [0.29, 0.717) is 23.9 Å². The molecule has 1 rings (SSSR count). The summed E-state index contributed by atoms with van der Waals surface area (Å²) in [6, 6.07) is 7.65. The first kappa shape index (κ1) is 15.6. The van der Waals surface area contributed by atoms with Crippen LogP contribution in [0.15, 0.2) is 24.3 Å². The van der Waals surface area contributed by atoms with Gasteiger partial charge in [0.25, 0.3) is 5.91 Å². The summed E-state index contributed by atoms with van der Waals surface area (Å²) in [5.41, 5.74) is 7.34. The Bertz CT molecular complexity index is 457. The van der Waals surface area contributed by atoms with Crippen molar-refractivity contribution in [3.63, 3.8) is 0 Å². The molecule has 0 aliphatic rings. The Kier molecular flexibility index (Phi) is 5.96. The lowest BCUT2D eigenvalue weighted by Crippen LogP contribution is -2.36. The minimum atomic E-state index is 0.0497. The Balaban J connectivity index is 2.83. The van der Waals surface area contributed by atoms with E-state index in [4.69, 9.17) is 18.0 Å². The molecule has 0 aromatic heterocycles. The number of nitrogens with zero attached hydrogens (tertiary/aromatic N) is 1. The van der Waals surface area contributed by atoms with Gasteiger partial charge in [-0.1, -0.05) is 43.8 Å². The van der Waals surface area contributed by atoms with E-state index in [9.17, 15) is 4.79 Å². The molecule has 3 nitrogen and oxygen atoms in total. The maximum Gasteiger partial charge on any atom is 0.253 e. The van der Waals surface area contributed by atoms with Crippen molar-refractivity contribution in [1.29, 1.82) is 0 Å². The molecular formula is C15H22N2OS. The van der Waals surface area contributed by atoms with E-state index in [1.165, 1.54) is 0 Å². The molecule has 0 bridgehead atoms. The molecule has 0 atom stereocenters. The second kappa shape index (κ2) is 7.24. The van der Waals surface area contributed by atoms with Gasteiger partial charge in [-0.15, -0.1) is 0 Å². The largest absolute Gasteiger partial charge is 0.393 e. The summed E-state index contributed by atoms with van der Waals surface area (Å²) in [5.74, 6) is 0.466.